The van der Waals surface area contributed by atoms with Gasteiger partial charge in [-0.1, -0.05) is 17.7 Å². The zero-order valence-electron chi connectivity index (χ0n) is 13.5. The summed E-state index contributed by atoms with van der Waals surface area (Å²) in [7, 11) is 1.78. The van der Waals surface area contributed by atoms with Gasteiger partial charge in [0.15, 0.2) is 5.82 Å². The zero-order chi connectivity index (χ0) is 18.1. The average molecular weight is 387 g/mol. The number of fused-ring (bicyclic) bond motifs is 1. The number of nitrogens with one attached hydrogen (secondary N) is 2. The van der Waals surface area contributed by atoms with Crippen molar-refractivity contribution in [2.75, 3.05) is 17.7 Å². The van der Waals surface area contributed by atoms with Gasteiger partial charge in [0.25, 0.3) is 0 Å². The van der Waals surface area contributed by atoms with Gasteiger partial charge in [0.1, 0.15) is 28.8 Å². The van der Waals surface area contributed by atoms with Gasteiger partial charge in [-0.15, -0.1) is 11.3 Å². The molecular formula is C17H12ClFN6S. The molecule has 6 nitrogen and oxygen atoms in total. The Hall–Kier alpha value is -2.84. The summed E-state index contributed by atoms with van der Waals surface area (Å²) in [6.45, 7) is 0. The van der Waals surface area contributed by atoms with Crippen molar-refractivity contribution in [2.24, 2.45) is 0 Å². The number of aromatic nitrogens is 4. The van der Waals surface area contributed by atoms with Gasteiger partial charge in [-0.05, 0) is 18.2 Å². The minimum atomic E-state index is -0.409. The molecule has 2 N–H and O–H groups in total. The normalized spacial score (nSPS) is 10.9. The van der Waals surface area contributed by atoms with E-state index in [1.807, 2.05) is 0 Å². The first kappa shape index (κ1) is 16.6. The molecule has 0 spiro atoms. The van der Waals surface area contributed by atoms with Crippen molar-refractivity contribution in [3.63, 3.8) is 0 Å². The third-order valence-corrected chi connectivity index (χ3v) is 5.06. The van der Waals surface area contributed by atoms with Crippen LogP contribution in [0, 0.1) is 5.82 Å². The van der Waals surface area contributed by atoms with Crippen molar-refractivity contribution in [2.45, 2.75) is 0 Å². The van der Waals surface area contributed by atoms with Crippen molar-refractivity contribution in [3.05, 3.63) is 53.7 Å². The number of thiazole rings is 1. The third kappa shape index (κ3) is 3.04. The molecule has 3 aromatic heterocycles. The number of benzene rings is 1. The molecule has 4 rings (SSSR count). The maximum absolute atomic E-state index is 14.2. The molecule has 0 amide bonds. The lowest BCUT2D eigenvalue weighted by Crippen LogP contribution is -1.99. The van der Waals surface area contributed by atoms with Gasteiger partial charge in [0.2, 0.25) is 0 Å². The Morgan fingerprint density at radius 1 is 1.12 bits per heavy atom. The largest absolute Gasteiger partial charge is 0.373 e. The predicted octanol–water partition coefficient (Wildman–Crippen LogP) is 4.73. The van der Waals surface area contributed by atoms with Crippen LogP contribution in [0.15, 0.2) is 42.9 Å². The van der Waals surface area contributed by atoms with Crippen LogP contribution in [-0.2, 0) is 0 Å². The van der Waals surface area contributed by atoms with E-state index in [4.69, 9.17) is 11.6 Å². The molecule has 0 radical (unpaired) electrons. The number of anilines is 3. The summed E-state index contributed by atoms with van der Waals surface area (Å²) >= 11 is 7.48. The Bertz CT molecular complexity index is 1080. The summed E-state index contributed by atoms with van der Waals surface area (Å²) in [5.74, 6) is 1.44. The van der Waals surface area contributed by atoms with E-state index in [1.165, 1.54) is 23.7 Å². The van der Waals surface area contributed by atoms with Crippen LogP contribution in [0.4, 0.5) is 21.8 Å². The van der Waals surface area contributed by atoms with E-state index in [1.54, 1.807) is 37.5 Å². The summed E-state index contributed by atoms with van der Waals surface area (Å²) < 4.78 is 15.0. The number of nitrogens with zero attached hydrogens (tertiary/aromatic N) is 4. The molecule has 9 heteroatoms. The van der Waals surface area contributed by atoms with Crippen molar-refractivity contribution < 1.29 is 4.39 Å². The molecule has 0 unspecified atom stereocenters. The molecule has 3 heterocycles. The molecule has 1 aromatic carbocycles. The number of rotatable bonds is 4. The summed E-state index contributed by atoms with van der Waals surface area (Å²) in [5.41, 5.74) is 0.991. The molecule has 0 saturated heterocycles. The first-order chi connectivity index (χ1) is 12.7. The van der Waals surface area contributed by atoms with Crippen LogP contribution in [0.3, 0.4) is 0 Å². The maximum Gasteiger partial charge on any atom is 0.151 e. The molecule has 0 bridgehead atoms. The second-order valence-corrected chi connectivity index (χ2v) is 6.69. The minimum Gasteiger partial charge on any atom is -0.373 e. The van der Waals surface area contributed by atoms with Crippen molar-refractivity contribution in [1.29, 1.82) is 0 Å². The summed E-state index contributed by atoms with van der Waals surface area (Å²) in [4.78, 5) is 17.1. The Morgan fingerprint density at radius 3 is 2.77 bits per heavy atom. The lowest BCUT2D eigenvalue weighted by Gasteiger charge is -2.06. The van der Waals surface area contributed by atoms with E-state index in [0.29, 0.717) is 38.6 Å². The second kappa shape index (κ2) is 6.81. The van der Waals surface area contributed by atoms with Gasteiger partial charge in [0, 0.05) is 19.3 Å². The highest BCUT2D eigenvalue weighted by Gasteiger charge is 2.16. The molecule has 0 aliphatic carbocycles. The fourth-order valence-corrected chi connectivity index (χ4v) is 3.81. The first-order valence-electron chi connectivity index (χ1n) is 7.62. The minimum absolute atomic E-state index is 0.292. The quantitative estimate of drug-likeness (QED) is 0.528. The standard InChI is InChI=1S/C17H12ClFN6S/c1-20-12-7-13(23-8-22-12)25-16-15-11(5-6-21-16)24-17(26-15)14-9(18)3-2-4-10(14)19/h2-8H,1H3,(H2,20,21,22,23,25). The van der Waals surface area contributed by atoms with Crippen LogP contribution in [0.25, 0.3) is 20.8 Å². The Labute approximate surface area is 157 Å². The van der Waals surface area contributed by atoms with Gasteiger partial charge in [-0.2, -0.15) is 0 Å². The van der Waals surface area contributed by atoms with E-state index >= 15 is 0 Å². The van der Waals surface area contributed by atoms with E-state index in [0.717, 1.165) is 4.70 Å². The van der Waals surface area contributed by atoms with Gasteiger partial charge < -0.3 is 10.6 Å². The SMILES string of the molecule is CNc1cc(Nc2nccc3nc(-c4c(F)cccc4Cl)sc23)ncn1. The molecule has 0 atom stereocenters. The number of hydrogen-bond acceptors (Lipinski definition) is 7. The summed E-state index contributed by atoms with van der Waals surface area (Å²) in [6.07, 6.45) is 3.09. The monoisotopic (exact) mass is 386 g/mol. The average Bonchev–Trinajstić information content (AvgIpc) is 3.06. The molecule has 130 valence electrons. The molecule has 0 fully saturated rings. The number of pyridine rings is 1. The van der Waals surface area contributed by atoms with E-state index in [2.05, 4.69) is 30.6 Å². The maximum atomic E-state index is 14.2. The highest BCUT2D eigenvalue weighted by molar-refractivity contribution is 7.22. The lowest BCUT2D eigenvalue weighted by atomic mass is 10.2. The van der Waals surface area contributed by atoms with Crippen LogP contribution in [-0.4, -0.2) is 27.0 Å². The summed E-state index contributed by atoms with van der Waals surface area (Å²) in [5, 5.41) is 6.93. The number of halogens is 2. The Kier molecular flexibility index (Phi) is 4.36. The van der Waals surface area contributed by atoms with Crippen LogP contribution in [0.5, 0.6) is 0 Å². The Morgan fingerprint density at radius 2 is 1.96 bits per heavy atom. The van der Waals surface area contributed by atoms with Gasteiger partial charge in [-0.3, -0.25) is 0 Å². The fourth-order valence-electron chi connectivity index (χ4n) is 2.44. The highest BCUT2D eigenvalue weighted by Crippen LogP contribution is 2.38. The molecule has 4 aromatic rings. The van der Waals surface area contributed by atoms with E-state index < -0.39 is 5.82 Å². The molecular weight excluding hydrogens is 375 g/mol. The van der Waals surface area contributed by atoms with Crippen molar-refractivity contribution >= 4 is 50.6 Å². The molecule has 26 heavy (non-hydrogen) atoms. The zero-order valence-corrected chi connectivity index (χ0v) is 15.1. The van der Waals surface area contributed by atoms with Gasteiger partial charge in [0.05, 0.1) is 20.8 Å². The topological polar surface area (TPSA) is 75.6 Å². The van der Waals surface area contributed by atoms with Crippen molar-refractivity contribution in [3.8, 4) is 10.6 Å². The Balaban J connectivity index is 1.79. The smallest absolute Gasteiger partial charge is 0.151 e. The van der Waals surface area contributed by atoms with Crippen molar-refractivity contribution in [1.82, 2.24) is 19.9 Å². The van der Waals surface area contributed by atoms with E-state index in [-0.39, 0.29) is 0 Å². The van der Waals surface area contributed by atoms with Crippen LogP contribution >= 0.6 is 22.9 Å². The fraction of sp³-hybridized carbons (Fsp3) is 0.0588. The molecule has 0 saturated carbocycles. The first-order valence-corrected chi connectivity index (χ1v) is 8.82. The third-order valence-electron chi connectivity index (χ3n) is 3.65. The highest BCUT2D eigenvalue weighted by atomic mass is 35.5. The lowest BCUT2D eigenvalue weighted by molar-refractivity contribution is 0.631. The summed E-state index contributed by atoms with van der Waals surface area (Å²) in [6, 6.07) is 8.11. The molecule has 0 aliphatic heterocycles. The van der Waals surface area contributed by atoms with Gasteiger partial charge >= 0.3 is 0 Å². The predicted molar refractivity (Wildman–Crippen MR) is 103 cm³/mol. The van der Waals surface area contributed by atoms with Crippen LogP contribution in [0.1, 0.15) is 0 Å². The van der Waals surface area contributed by atoms with Crippen LogP contribution < -0.4 is 10.6 Å². The molecule has 0 aliphatic rings. The van der Waals surface area contributed by atoms with E-state index in [9.17, 15) is 4.39 Å². The number of hydrogen-bond donors (Lipinski definition) is 2. The van der Waals surface area contributed by atoms with Gasteiger partial charge in [-0.25, -0.2) is 24.3 Å². The second-order valence-electron chi connectivity index (χ2n) is 5.29. The van der Waals surface area contributed by atoms with Crippen LogP contribution in [0.2, 0.25) is 5.02 Å².